The van der Waals surface area contributed by atoms with E-state index in [0.29, 0.717) is 6.54 Å². The van der Waals surface area contributed by atoms with Crippen LogP contribution in [0.5, 0.6) is 0 Å². The Morgan fingerprint density at radius 3 is 2.18 bits per heavy atom. The minimum absolute atomic E-state index is 0. The molecule has 0 aromatic rings. The van der Waals surface area contributed by atoms with Crippen LogP contribution in [-0.2, 0) is 0 Å². The van der Waals surface area contributed by atoms with E-state index in [0.717, 1.165) is 0 Å². The molecule has 3 N–H and O–H groups in total. The summed E-state index contributed by atoms with van der Waals surface area (Å²) in [6.45, 7) is 0.0878. The average Bonchev–Trinajstić information content (AvgIpc) is 2.10. The zero-order valence-corrected chi connectivity index (χ0v) is 7.48. The molecule has 0 aromatic heterocycles. The summed E-state index contributed by atoms with van der Waals surface area (Å²) in [5.41, 5.74) is 5.16. The molecule has 1 aliphatic rings. The summed E-state index contributed by atoms with van der Waals surface area (Å²) < 4.78 is 24.5. The Balaban J connectivity index is 0. The summed E-state index contributed by atoms with van der Waals surface area (Å²) in [5.74, 6) is -2.52. The smallest absolute Gasteiger partial charge is 0.261 e. The third kappa shape index (κ3) is 4.06. The lowest BCUT2D eigenvalue weighted by Gasteiger charge is -2.05. The van der Waals surface area contributed by atoms with Gasteiger partial charge in [-0.25, -0.2) is 8.78 Å². The highest BCUT2D eigenvalue weighted by Gasteiger charge is 2.38. The van der Waals surface area contributed by atoms with E-state index >= 15 is 0 Å². The Kier molecular flexibility index (Phi) is 6.43. The predicted molar refractivity (Wildman–Crippen MR) is 44.9 cm³/mol. The third-order valence-corrected chi connectivity index (χ3v) is 1.48. The SMILES string of the molecule is Cl.Cl.NC[C@@H]1CC(F)(F)CN1. The molecule has 0 saturated carbocycles. The molecular formula is C5H12Cl2F2N2. The molecule has 0 spiro atoms. The maximum Gasteiger partial charge on any atom is 0.261 e. The molecule has 1 heterocycles. The van der Waals surface area contributed by atoms with E-state index in [4.69, 9.17) is 5.73 Å². The first-order chi connectivity index (χ1) is 4.14. The molecule has 1 saturated heterocycles. The van der Waals surface area contributed by atoms with Gasteiger partial charge in [-0.05, 0) is 0 Å². The van der Waals surface area contributed by atoms with E-state index in [2.05, 4.69) is 5.32 Å². The molecular weight excluding hydrogens is 197 g/mol. The molecule has 1 fully saturated rings. The Hall–Kier alpha value is 0.360. The van der Waals surface area contributed by atoms with Crippen LogP contribution in [0.2, 0.25) is 0 Å². The van der Waals surface area contributed by atoms with Crippen LogP contribution < -0.4 is 11.1 Å². The monoisotopic (exact) mass is 208 g/mol. The largest absolute Gasteiger partial charge is 0.329 e. The fourth-order valence-corrected chi connectivity index (χ4v) is 0.965. The van der Waals surface area contributed by atoms with Gasteiger partial charge >= 0.3 is 0 Å². The number of nitrogens with one attached hydrogen (secondary N) is 1. The molecule has 0 aromatic carbocycles. The minimum Gasteiger partial charge on any atom is -0.329 e. The number of halogens is 4. The van der Waals surface area contributed by atoms with Gasteiger partial charge in [0, 0.05) is 19.0 Å². The number of hydrogen-bond donors (Lipinski definition) is 2. The molecule has 6 heteroatoms. The molecule has 1 atom stereocenters. The first kappa shape index (κ1) is 13.9. The fourth-order valence-electron chi connectivity index (χ4n) is 0.965. The van der Waals surface area contributed by atoms with E-state index in [1.165, 1.54) is 0 Å². The molecule has 70 valence electrons. The quantitative estimate of drug-likeness (QED) is 0.669. The van der Waals surface area contributed by atoms with Crippen LogP contribution in [0.3, 0.4) is 0 Å². The van der Waals surface area contributed by atoms with Gasteiger partial charge in [0.05, 0.1) is 6.54 Å². The standard InChI is InChI=1S/C5H10F2N2.2ClH/c6-5(7)1-4(2-8)9-3-5;;/h4,9H,1-3,8H2;2*1H/t4-;;/m0../s1. The third-order valence-electron chi connectivity index (χ3n) is 1.48. The fraction of sp³-hybridized carbons (Fsp3) is 1.00. The van der Waals surface area contributed by atoms with Crippen LogP contribution in [0.25, 0.3) is 0 Å². The van der Waals surface area contributed by atoms with Crippen molar-refractivity contribution in [1.82, 2.24) is 5.32 Å². The van der Waals surface area contributed by atoms with Gasteiger partial charge in [0.1, 0.15) is 0 Å². The molecule has 0 amide bonds. The summed E-state index contributed by atoms with van der Waals surface area (Å²) in [6.07, 6.45) is -0.108. The molecule has 1 aliphatic heterocycles. The first-order valence-corrected chi connectivity index (χ1v) is 2.95. The Labute approximate surface area is 76.7 Å². The van der Waals surface area contributed by atoms with Crippen LogP contribution in [0, 0.1) is 0 Å². The van der Waals surface area contributed by atoms with Gasteiger partial charge in [0.15, 0.2) is 0 Å². The molecule has 11 heavy (non-hydrogen) atoms. The van der Waals surface area contributed by atoms with E-state index in [9.17, 15) is 8.78 Å². The number of rotatable bonds is 1. The molecule has 0 radical (unpaired) electrons. The van der Waals surface area contributed by atoms with Gasteiger partial charge in [-0.15, -0.1) is 24.8 Å². The molecule has 0 aliphatic carbocycles. The van der Waals surface area contributed by atoms with Crippen molar-refractivity contribution in [3.63, 3.8) is 0 Å². The zero-order valence-electron chi connectivity index (χ0n) is 5.85. The topological polar surface area (TPSA) is 38.0 Å². The number of alkyl halides is 2. The van der Waals surface area contributed by atoms with Crippen molar-refractivity contribution in [2.24, 2.45) is 5.73 Å². The lowest BCUT2D eigenvalue weighted by molar-refractivity contribution is 0.0213. The van der Waals surface area contributed by atoms with E-state index in [1.54, 1.807) is 0 Å². The van der Waals surface area contributed by atoms with Gasteiger partial charge in [0.25, 0.3) is 5.92 Å². The van der Waals surface area contributed by atoms with Gasteiger partial charge in [-0.2, -0.15) is 0 Å². The van der Waals surface area contributed by atoms with Gasteiger partial charge in [-0.1, -0.05) is 0 Å². The second kappa shape index (κ2) is 5.09. The van der Waals surface area contributed by atoms with Crippen LogP contribution in [0.1, 0.15) is 6.42 Å². The van der Waals surface area contributed by atoms with Crippen molar-refractivity contribution >= 4 is 24.8 Å². The van der Waals surface area contributed by atoms with Crippen molar-refractivity contribution in [3.05, 3.63) is 0 Å². The number of hydrogen-bond acceptors (Lipinski definition) is 2. The van der Waals surface area contributed by atoms with E-state index in [-0.39, 0.29) is 43.8 Å². The Morgan fingerprint density at radius 1 is 1.45 bits per heavy atom. The van der Waals surface area contributed by atoms with E-state index in [1.807, 2.05) is 0 Å². The van der Waals surface area contributed by atoms with Gasteiger partial charge in [-0.3, -0.25) is 0 Å². The lowest BCUT2D eigenvalue weighted by Crippen LogP contribution is -2.29. The van der Waals surface area contributed by atoms with Gasteiger partial charge in [0.2, 0.25) is 0 Å². The first-order valence-electron chi connectivity index (χ1n) is 2.95. The van der Waals surface area contributed by atoms with Crippen LogP contribution >= 0.6 is 24.8 Å². The van der Waals surface area contributed by atoms with Crippen LogP contribution in [0.15, 0.2) is 0 Å². The highest BCUT2D eigenvalue weighted by Crippen LogP contribution is 2.24. The van der Waals surface area contributed by atoms with E-state index < -0.39 is 5.92 Å². The van der Waals surface area contributed by atoms with Crippen molar-refractivity contribution in [2.75, 3.05) is 13.1 Å². The van der Waals surface area contributed by atoms with Crippen molar-refractivity contribution in [1.29, 1.82) is 0 Å². The summed E-state index contributed by atoms with van der Waals surface area (Å²) in [5, 5.41) is 2.62. The van der Waals surface area contributed by atoms with Crippen molar-refractivity contribution in [2.45, 2.75) is 18.4 Å². The maximum atomic E-state index is 12.3. The highest BCUT2D eigenvalue weighted by molar-refractivity contribution is 5.85. The lowest BCUT2D eigenvalue weighted by atomic mass is 10.2. The molecule has 1 rings (SSSR count). The van der Waals surface area contributed by atoms with Crippen LogP contribution in [-0.4, -0.2) is 25.1 Å². The van der Waals surface area contributed by atoms with Gasteiger partial charge < -0.3 is 11.1 Å². The second-order valence-corrected chi connectivity index (χ2v) is 2.37. The number of nitrogens with two attached hydrogens (primary N) is 1. The summed E-state index contributed by atoms with van der Waals surface area (Å²) in [7, 11) is 0. The summed E-state index contributed by atoms with van der Waals surface area (Å²) in [6, 6.07) is -0.181. The summed E-state index contributed by atoms with van der Waals surface area (Å²) in [4.78, 5) is 0. The Morgan fingerprint density at radius 2 is 2.00 bits per heavy atom. The van der Waals surface area contributed by atoms with Crippen LogP contribution in [0.4, 0.5) is 8.78 Å². The molecule has 2 nitrogen and oxygen atoms in total. The van der Waals surface area contributed by atoms with Crippen molar-refractivity contribution < 1.29 is 8.78 Å². The molecule has 0 unspecified atom stereocenters. The maximum absolute atomic E-state index is 12.3. The second-order valence-electron chi connectivity index (χ2n) is 2.37. The average molecular weight is 209 g/mol. The predicted octanol–water partition coefficient (Wildman–Crippen LogP) is 0.786. The minimum atomic E-state index is -2.52. The molecule has 0 bridgehead atoms. The van der Waals surface area contributed by atoms with Crippen molar-refractivity contribution in [3.8, 4) is 0 Å². The summed E-state index contributed by atoms with van der Waals surface area (Å²) >= 11 is 0. The highest BCUT2D eigenvalue weighted by atomic mass is 35.5. The zero-order chi connectivity index (χ0) is 6.91. The normalized spacial score (nSPS) is 27.0. The Bertz CT molecular complexity index is 113.